The second-order valence-corrected chi connectivity index (χ2v) is 8.43. The van der Waals surface area contributed by atoms with Gasteiger partial charge in [-0.05, 0) is 50.6 Å². The van der Waals surface area contributed by atoms with E-state index < -0.39 is 0 Å². The van der Waals surface area contributed by atoms with Crippen LogP contribution in [0.1, 0.15) is 40.8 Å². The molecule has 0 spiro atoms. The first-order chi connectivity index (χ1) is 12.2. The van der Waals surface area contributed by atoms with Crippen molar-refractivity contribution >= 4 is 53.8 Å². The number of carbonyl (C=O) groups is 1. The maximum absolute atomic E-state index is 12.9. The van der Waals surface area contributed by atoms with E-state index >= 15 is 0 Å². The smallest absolute Gasteiger partial charge is 0.254 e. The molecule has 1 aromatic heterocycles. The molecule has 0 radical (unpaired) electrons. The van der Waals surface area contributed by atoms with Gasteiger partial charge in [-0.2, -0.15) is 0 Å². The zero-order chi connectivity index (χ0) is 17.6. The molecule has 2 aromatic rings. The van der Waals surface area contributed by atoms with Crippen LogP contribution in [-0.2, 0) is 5.75 Å². The van der Waals surface area contributed by atoms with Gasteiger partial charge >= 0.3 is 0 Å². The monoisotopic (exact) mass is 447 g/mol. The first-order valence-electron chi connectivity index (χ1n) is 8.83. The molecule has 3 rings (SSSR count). The summed E-state index contributed by atoms with van der Waals surface area (Å²) in [5.74, 6) is 1.02. The van der Waals surface area contributed by atoms with Gasteiger partial charge in [0, 0.05) is 40.7 Å². The van der Waals surface area contributed by atoms with Crippen molar-refractivity contribution in [2.75, 3.05) is 19.6 Å². The van der Waals surface area contributed by atoms with Crippen molar-refractivity contribution < 1.29 is 4.79 Å². The number of thiazole rings is 1. The van der Waals surface area contributed by atoms with E-state index in [1.54, 1.807) is 23.1 Å². The third-order valence-corrected chi connectivity index (χ3v) is 6.22. The lowest BCUT2D eigenvalue weighted by atomic mass is 10.1. The second-order valence-electron chi connectivity index (χ2n) is 6.32. The number of thioether (sulfide) groups is 1. The summed E-state index contributed by atoms with van der Waals surface area (Å²) in [5, 5.41) is 6.57. The number of nitrogens with zero attached hydrogens (tertiary/aromatic N) is 2. The van der Waals surface area contributed by atoms with E-state index in [0.29, 0.717) is 6.04 Å². The number of halogens is 2. The summed E-state index contributed by atoms with van der Waals surface area (Å²) in [7, 11) is 0. The Bertz CT molecular complexity index is 703. The molecule has 1 saturated heterocycles. The molecule has 1 aromatic carbocycles. The summed E-state index contributed by atoms with van der Waals surface area (Å²) >= 11 is 3.45. The van der Waals surface area contributed by atoms with Gasteiger partial charge in [0.05, 0.1) is 10.7 Å². The van der Waals surface area contributed by atoms with Crippen LogP contribution in [0.5, 0.6) is 0 Å². The van der Waals surface area contributed by atoms with Crippen LogP contribution in [0.25, 0.3) is 0 Å². The second kappa shape index (κ2) is 11.9. The average molecular weight is 448 g/mol. The van der Waals surface area contributed by atoms with E-state index in [9.17, 15) is 4.79 Å². The molecule has 1 fully saturated rings. The van der Waals surface area contributed by atoms with Gasteiger partial charge in [0.1, 0.15) is 0 Å². The predicted molar refractivity (Wildman–Crippen MR) is 120 cm³/mol. The Morgan fingerprint density at radius 2 is 2.07 bits per heavy atom. The van der Waals surface area contributed by atoms with E-state index in [1.807, 2.05) is 36.1 Å². The van der Waals surface area contributed by atoms with Gasteiger partial charge in [0.2, 0.25) is 0 Å². The van der Waals surface area contributed by atoms with Crippen molar-refractivity contribution in [3.63, 3.8) is 0 Å². The van der Waals surface area contributed by atoms with Crippen LogP contribution in [0.3, 0.4) is 0 Å². The highest BCUT2D eigenvalue weighted by molar-refractivity contribution is 7.98. The van der Waals surface area contributed by atoms with Gasteiger partial charge in [-0.25, -0.2) is 4.98 Å². The molecule has 1 unspecified atom stereocenters. The highest BCUT2D eigenvalue weighted by Gasteiger charge is 2.26. The fraction of sp³-hybridized carbons (Fsp3) is 0.474. The summed E-state index contributed by atoms with van der Waals surface area (Å²) in [6.45, 7) is 6.89. The molecular weight excluding hydrogens is 421 g/mol. The van der Waals surface area contributed by atoms with Crippen LogP contribution in [-0.4, -0.2) is 41.5 Å². The molecule has 1 aliphatic heterocycles. The molecule has 1 aliphatic rings. The predicted octanol–water partition coefficient (Wildman–Crippen LogP) is 4.80. The van der Waals surface area contributed by atoms with Crippen LogP contribution < -0.4 is 5.32 Å². The molecule has 150 valence electrons. The van der Waals surface area contributed by atoms with Gasteiger partial charge in [-0.1, -0.05) is 6.92 Å². The fourth-order valence-corrected chi connectivity index (χ4v) is 4.60. The lowest BCUT2D eigenvalue weighted by Crippen LogP contribution is -2.42. The standard InChI is InChI=1S/C19H25N3OS2.2ClH/c1-3-10-22(17-8-9-20-11-17)19(23)15-4-6-18(7-5-15)25-13-16-12-24-14(2)21-16;;/h4-7,12,17,20H,3,8-11,13H2,1-2H3;2*1H. The molecule has 0 saturated carbocycles. The van der Waals surface area contributed by atoms with Crippen LogP contribution in [0.4, 0.5) is 0 Å². The molecular formula is C19H27Cl2N3OS2. The van der Waals surface area contributed by atoms with Crippen LogP contribution >= 0.6 is 47.9 Å². The Balaban J connectivity index is 0.00000182. The van der Waals surface area contributed by atoms with Gasteiger partial charge in [-0.15, -0.1) is 47.9 Å². The Morgan fingerprint density at radius 3 is 2.63 bits per heavy atom. The highest BCUT2D eigenvalue weighted by atomic mass is 35.5. The number of hydrogen-bond donors (Lipinski definition) is 1. The Morgan fingerprint density at radius 1 is 1.33 bits per heavy atom. The van der Waals surface area contributed by atoms with Crippen molar-refractivity contribution in [3.8, 4) is 0 Å². The first kappa shape index (κ1) is 24.2. The van der Waals surface area contributed by atoms with Crippen molar-refractivity contribution in [2.24, 2.45) is 0 Å². The lowest BCUT2D eigenvalue weighted by molar-refractivity contribution is 0.0692. The lowest BCUT2D eigenvalue weighted by Gasteiger charge is -2.28. The third-order valence-electron chi connectivity index (χ3n) is 4.36. The number of aryl methyl sites for hydroxylation is 1. The van der Waals surface area contributed by atoms with Crippen molar-refractivity contribution in [1.82, 2.24) is 15.2 Å². The number of nitrogens with one attached hydrogen (secondary N) is 1. The van der Waals surface area contributed by atoms with Crippen LogP contribution in [0.15, 0.2) is 34.5 Å². The van der Waals surface area contributed by atoms with Crippen molar-refractivity contribution in [3.05, 3.63) is 45.9 Å². The van der Waals surface area contributed by atoms with Crippen molar-refractivity contribution in [1.29, 1.82) is 0 Å². The molecule has 0 aliphatic carbocycles. The minimum absolute atomic E-state index is 0. The normalized spacial score (nSPS) is 15.7. The zero-order valence-electron chi connectivity index (χ0n) is 15.6. The maximum Gasteiger partial charge on any atom is 0.254 e. The number of carbonyl (C=O) groups excluding carboxylic acids is 1. The third kappa shape index (κ3) is 6.64. The molecule has 0 bridgehead atoms. The molecule has 27 heavy (non-hydrogen) atoms. The van der Waals surface area contributed by atoms with Gasteiger partial charge in [0.25, 0.3) is 5.91 Å². The Kier molecular flexibility index (Phi) is 10.7. The van der Waals surface area contributed by atoms with E-state index in [1.165, 1.54) is 4.90 Å². The summed E-state index contributed by atoms with van der Waals surface area (Å²) in [6.07, 6.45) is 2.04. The van der Waals surface area contributed by atoms with Gasteiger partial charge in [0.15, 0.2) is 0 Å². The number of rotatable bonds is 7. The van der Waals surface area contributed by atoms with E-state index in [2.05, 4.69) is 22.6 Å². The van der Waals surface area contributed by atoms with Gasteiger partial charge in [-0.3, -0.25) is 4.79 Å². The quantitative estimate of drug-likeness (QED) is 0.618. The highest BCUT2D eigenvalue weighted by Crippen LogP contribution is 2.24. The molecule has 4 nitrogen and oxygen atoms in total. The minimum Gasteiger partial charge on any atom is -0.334 e. The average Bonchev–Trinajstić information content (AvgIpc) is 3.29. The van der Waals surface area contributed by atoms with Crippen LogP contribution in [0.2, 0.25) is 0 Å². The number of aromatic nitrogens is 1. The first-order valence-corrected chi connectivity index (χ1v) is 10.7. The summed E-state index contributed by atoms with van der Waals surface area (Å²) in [6, 6.07) is 8.35. The zero-order valence-corrected chi connectivity index (χ0v) is 18.9. The number of amides is 1. The van der Waals surface area contributed by atoms with Crippen molar-refractivity contribution in [2.45, 2.75) is 43.4 Å². The summed E-state index contributed by atoms with van der Waals surface area (Å²) < 4.78 is 0. The molecule has 8 heteroatoms. The fourth-order valence-electron chi connectivity index (χ4n) is 3.09. The summed E-state index contributed by atoms with van der Waals surface area (Å²) in [4.78, 5) is 20.6. The molecule has 1 atom stereocenters. The van der Waals surface area contributed by atoms with E-state index in [-0.39, 0.29) is 30.7 Å². The van der Waals surface area contributed by atoms with E-state index in [4.69, 9.17) is 0 Å². The number of hydrogen-bond acceptors (Lipinski definition) is 5. The Labute approximate surface area is 182 Å². The van der Waals surface area contributed by atoms with Crippen LogP contribution in [0, 0.1) is 6.92 Å². The topological polar surface area (TPSA) is 45.2 Å². The summed E-state index contributed by atoms with van der Waals surface area (Å²) in [5.41, 5.74) is 1.91. The Hall–Kier alpha value is -0.790. The van der Waals surface area contributed by atoms with E-state index in [0.717, 1.165) is 54.5 Å². The minimum atomic E-state index is 0. The van der Waals surface area contributed by atoms with Gasteiger partial charge < -0.3 is 10.2 Å². The molecule has 1 N–H and O–H groups in total. The molecule has 2 heterocycles. The SMILES string of the molecule is CCCN(C(=O)c1ccc(SCc2csc(C)n2)cc1)C1CCNC1.Cl.Cl. The maximum atomic E-state index is 12.9. The largest absolute Gasteiger partial charge is 0.334 e. The molecule has 1 amide bonds. The number of benzene rings is 1.